The molecule has 0 amide bonds. The van der Waals surface area contributed by atoms with Crippen molar-refractivity contribution in [2.45, 2.75) is 6.92 Å². The van der Waals surface area contributed by atoms with E-state index in [1.807, 2.05) is 40.8 Å². The first-order valence-corrected chi connectivity index (χ1v) is 7.78. The van der Waals surface area contributed by atoms with Gasteiger partial charge in [-0.2, -0.15) is 0 Å². The summed E-state index contributed by atoms with van der Waals surface area (Å²) in [5.41, 5.74) is 0.950. The highest BCUT2D eigenvalue weighted by molar-refractivity contribution is 14.1. The molecule has 0 radical (unpaired) electrons. The van der Waals surface area contributed by atoms with E-state index in [0.29, 0.717) is 9.39 Å². The number of nitrogens with zero attached hydrogens (tertiary/aromatic N) is 2. The topological polar surface area (TPSA) is 49.0 Å². The predicted molar refractivity (Wildman–Crippen MR) is 94.2 cm³/mol. The number of fused-ring (bicyclic) bond motifs is 1. The number of nitrogens with one attached hydrogen (secondary N) is 1. The smallest absolute Gasteiger partial charge is 0.266 e. The number of H-pyrrole nitrogens is 1. The van der Waals surface area contributed by atoms with Crippen LogP contribution in [0.15, 0.2) is 53.6 Å². The van der Waals surface area contributed by atoms with Crippen LogP contribution in [0.1, 0.15) is 6.92 Å². The van der Waals surface area contributed by atoms with Crippen LogP contribution in [0.4, 0.5) is 11.5 Å². The van der Waals surface area contributed by atoms with Gasteiger partial charge in [0.15, 0.2) is 5.82 Å². The number of aromatic amines is 1. The first kappa shape index (κ1) is 14.1. The van der Waals surface area contributed by atoms with Crippen molar-refractivity contribution >= 4 is 44.9 Å². The van der Waals surface area contributed by atoms with Gasteiger partial charge < -0.3 is 9.88 Å². The second kappa shape index (κ2) is 5.85. The molecule has 3 rings (SSSR count). The van der Waals surface area contributed by atoms with Gasteiger partial charge in [0.05, 0.1) is 12.0 Å². The van der Waals surface area contributed by atoms with Gasteiger partial charge in [0.1, 0.15) is 3.57 Å². The Bertz CT molecular complexity index is 839. The molecule has 106 valence electrons. The van der Waals surface area contributed by atoms with Gasteiger partial charge in [-0.3, -0.25) is 4.79 Å². The molecular weight excluding hydrogens is 377 g/mol. The van der Waals surface area contributed by atoms with Gasteiger partial charge in [-0.25, -0.2) is 4.98 Å². The zero-order chi connectivity index (χ0) is 14.8. The fraction of sp³-hybridized carbons (Fsp3) is 0.125. The summed E-state index contributed by atoms with van der Waals surface area (Å²) in [6, 6.07) is 14.4. The SMILES string of the molecule is CCN(c1nc[nH]c(=O)c1I)c1cccc2ccccc12. The minimum Gasteiger partial charge on any atom is -0.325 e. The van der Waals surface area contributed by atoms with Gasteiger partial charge in [0.2, 0.25) is 0 Å². The average Bonchev–Trinajstić information content (AvgIpc) is 2.52. The van der Waals surface area contributed by atoms with E-state index in [1.54, 1.807) is 0 Å². The summed E-state index contributed by atoms with van der Waals surface area (Å²) in [5.74, 6) is 0.693. The second-order valence-electron chi connectivity index (χ2n) is 4.61. The van der Waals surface area contributed by atoms with E-state index in [-0.39, 0.29) is 5.56 Å². The summed E-state index contributed by atoms with van der Waals surface area (Å²) < 4.78 is 0.602. The third-order valence-corrected chi connectivity index (χ3v) is 4.38. The molecule has 1 N–H and O–H groups in total. The number of rotatable bonds is 3. The highest BCUT2D eigenvalue weighted by Crippen LogP contribution is 2.32. The molecule has 0 aliphatic carbocycles. The summed E-state index contributed by atoms with van der Waals surface area (Å²) in [4.78, 5) is 20.9. The lowest BCUT2D eigenvalue weighted by atomic mass is 10.1. The molecule has 0 unspecified atom stereocenters. The van der Waals surface area contributed by atoms with Crippen molar-refractivity contribution < 1.29 is 0 Å². The van der Waals surface area contributed by atoms with E-state index in [1.165, 1.54) is 11.7 Å². The maximum absolute atomic E-state index is 11.8. The number of hydrogen-bond donors (Lipinski definition) is 1. The number of hydrogen-bond acceptors (Lipinski definition) is 3. The van der Waals surface area contributed by atoms with Gasteiger partial charge in [0, 0.05) is 11.9 Å². The van der Waals surface area contributed by atoms with Gasteiger partial charge in [-0.15, -0.1) is 0 Å². The first-order valence-electron chi connectivity index (χ1n) is 6.71. The zero-order valence-electron chi connectivity index (χ0n) is 11.5. The van der Waals surface area contributed by atoms with Crippen molar-refractivity contribution in [3.05, 3.63) is 62.7 Å². The molecular formula is C16H14IN3O. The number of halogens is 1. The van der Waals surface area contributed by atoms with Crippen molar-refractivity contribution in [2.24, 2.45) is 0 Å². The number of anilines is 2. The van der Waals surface area contributed by atoms with Gasteiger partial charge >= 0.3 is 0 Å². The lowest BCUT2D eigenvalue weighted by Gasteiger charge is -2.24. The summed E-state index contributed by atoms with van der Waals surface area (Å²) in [7, 11) is 0. The highest BCUT2D eigenvalue weighted by atomic mass is 127. The van der Waals surface area contributed by atoms with Crippen molar-refractivity contribution in [1.29, 1.82) is 0 Å². The Hall–Kier alpha value is -1.89. The van der Waals surface area contributed by atoms with Crippen LogP contribution < -0.4 is 10.5 Å². The molecule has 0 spiro atoms. The maximum atomic E-state index is 11.8. The minimum atomic E-state index is -0.112. The average molecular weight is 391 g/mol. The molecule has 0 saturated carbocycles. The maximum Gasteiger partial charge on any atom is 0.266 e. The van der Waals surface area contributed by atoms with E-state index >= 15 is 0 Å². The van der Waals surface area contributed by atoms with Gasteiger partial charge in [0.25, 0.3) is 5.56 Å². The molecule has 1 aromatic heterocycles. The Balaban J connectivity index is 2.24. The molecule has 0 bridgehead atoms. The first-order chi connectivity index (χ1) is 10.2. The summed E-state index contributed by atoms with van der Waals surface area (Å²) in [5, 5.41) is 2.33. The Morgan fingerprint density at radius 1 is 1.19 bits per heavy atom. The Morgan fingerprint density at radius 3 is 2.76 bits per heavy atom. The lowest BCUT2D eigenvalue weighted by molar-refractivity contribution is 0.961. The largest absolute Gasteiger partial charge is 0.325 e. The third kappa shape index (κ3) is 2.53. The quantitative estimate of drug-likeness (QED) is 0.693. The Labute approximate surface area is 136 Å². The molecule has 0 atom stereocenters. The summed E-state index contributed by atoms with van der Waals surface area (Å²) >= 11 is 2.05. The second-order valence-corrected chi connectivity index (χ2v) is 5.69. The van der Waals surface area contributed by atoms with E-state index in [0.717, 1.165) is 17.6 Å². The molecule has 0 fully saturated rings. The van der Waals surface area contributed by atoms with Crippen LogP contribution >= 0.6 is 22.6 Å². The molecule has 1 heterocycles. The summed E-state index contributed by atoms with van der Waals surface area (Å²) in [6.07, 6.45) is 1.45. The molecule has 0 saturated heterocycles. The van der Waals surface area contributed by atoms with E-state index in [2.05, 4.69) is 46.1 Å². The molecule has 0 aliphatic heterocycles. The Morgan fingerprint density at radius 2 is 1.95 bits per heavy atom. The van der Waals surface area contributed by atoms with Crippen LogP contribution in [0.3, 0.4) is 0 Å². The summed E-state index contributed by atoms with van der Waals surface area (Å²) in [6.45, 7) is 2.79. The van der Waals surface area contributed by atoms with E-state index in [9.17, 15) is 4.79 Å². The fourth-order valence-electron chi connectivity index (χ4n) is 2.44. The molecule has 0 aliphatic rings. The van der Waals surface area contributed by atoms with Crippen LogP contribution in [0, 0.1) is 3.57 Å². The third-order valence-electron chi connectivity index (χ3n) is 3.41. The Kier molecular flexibility index (Phi) is 3.92. The molecule has 21 heavy (non-hydrogen) atoms. The van der Waals surface area contributed by atoms with Crippen LogP contribution in [0.5, 0.6) is 0 Å². The van der Waals surface area contributed by atoms with Crippen molar-refractivity contribution in [2.75, 3.05) is 11.4 Å². The zero-order valence-corrected chi connectivity index (χ0v) is 13.7. The van der Waals surface area contributed by atoms with Crippen LogP contribution in [0.25, 0.3) is 10.8 Å². The van der Waals surface area contributed by atoms with Crippen LogP contribution in [0.2, 0.25) is 0 Å². The lowest BCUT2D eigenvalue weighted by Crippen LogP contribution is -2.23. The molecule has 2 aromatic carbocycles. The number of benzene rings is 2. The van der Waals surface area contributed by atoms with Gasteiger partial charge in [-0.1, -0.05) is 36.4 Å². The highest BCUT2D eigenvalue weighted by Gasteiger charge is 2.16. The molecule has 3 aromatic rings. The van der Waals surface area contributed by atoms with Crippen molar-refractivity contribution in [1.82, 2.24) is 9.97 Å². The van der Waals surface area contributed by atoms with Crippen LogP contribution in [-0.2, 0) is 0 Å². The van der Waals surface area contributed by atoms with E-state index < -0.39 is 0 Å². The normalized spacial score (nSPS) is 10.8. The number of aromatic nitrogens is 2. The van der Waals surface area contributed by atoms with Crippen molar-refractivity contribution in [3.63, 3.8) is 0 Å². The monoisotopic (exact) mass is 391 g/mol. The predicted octanol–water partition coefficient (Wildman–Crippen LogP) is 3.69. The minimum absolute atomic E-state index is 0.112. The van der Waals surface area contributed by atoms with E-state index in [4.69, 9.17) is 0 Å². The molecule has 4 nitrogen and oxygen atoms in total. The van der Waals surface area contributed by atoms with Crippen molar-refractivity contribution in [3.8, 4) is 0 Å². The fourth-order valence-corrected chi connectivity index (χ4v) is 3.03. The van der Waals surface area contributed by atoms with Crippen LogP contribution in [-0.4, -0.2) is 16.5 Å². The molecule has 5 heteroatoms. The standard InChI is InChI=1S/C16H14IN3O/c1-2-20(15-14(17)16(21)19-10-18-15)13-9-5-7-11-6-3-4-8-12(11)13/h3-10H,2H2,1H3,(H,18,19,21). The van der Waals surface area contributed by atoms with Gasteiger partial charge in [-0.05, 0) is 41.0 Å².